The molecule has 2 N–H and O–H groups in total. The second-order valence-corrected chi connectivity index (χ2v) is 6.57. The SMILES string of the molecule is CCCn1c(C(C)(C)C(C)(C)N)nc2cc(F)ccc21. The highest BCUT2D eigenvalue weighted by Crippen LogP contribution is 2.34. The van der Waals surface area contributed by atoms with Gasteiger partial charge in [-0.1, -0.05) is 20.8 Å². The van der Waals surface area contributed by atoms with Crippen LogP contribution in [-0.2, 0) is 12.0 Å². The summed E-state index contributed by atoms with van der Waals surface area (Å²) < 4.78 is 15.6. The Hall–Kier alpha value is -1.42. The summed E-state index contributed by atoms with van der Waals surface area (Å²) in [7, 11) is 0. The van der Waals surface area contributed by atoms with Gasteiger partial charge in [0, 0.05) is 23.6 Å². The Morgan fingerprint density at radius 2 is 1.90 bits per heavy atom. The van der Waals surface area contributed by atoms with Crippen molar-refractivity contribution >= 4 is 11.0 Å². The molecule has 2 rings (SSSR count). The van der Waals surface area contributed by atoms with Crippen molar-refractivity contribution in [1.82, 2.24) is 9.55 Å². The zero-order chi connectivity index (χ0) is 15.1. The van der Waals surface area contributed by atoms with E-state index in [9.17, 15) is 4.39 Å². The molecule has 0 unspecified atom stereocenters. The molecule has 0 aliphatic rings. The van der Waals surface area contributed by atoms with E-state index in [-0.39, 0.29) is 11.2 Å². The molecule has 0 atom stereocenters. The predicted octanol–water partition coefficient (Wildman–Crippen LogP) is 3.60. The van der Waals surface area contributed by atoms with Gasteiger partial charge in [0.1, 0.15) is 11.6 Å². The fourth-order valence-electron chi connectivity index (χ4n) is 2.32. The fraction of sp³-hybridized carbons (Fsp3) is 0.562. The lowest BCUT2D eigenvalue weighted by Crippen LogP contribution is -2.51. The standard InChI is InChI=1S/C16H24FN3/c1-6-9-20-13-8-7-11(17)10-12(13)19-14(20)15(2,3)16(4,5)18/h7-8,10H,6,9,18H2,1-5H3. The van der Waals surface area contributed by atoms with Crippen LogP contribution in [-0.4, -0.2) is 15.1 Å². The van der Waals surface area contributed by atoms with Crippen molar-refractivity contribution in [3.63, 3.8) is 0 Å². The number of nitrogens with two attached hydrogens (primary N) is 1. The number of benzene rings is 1. The maximum absolute atomic E-state index is 13.4. The third kappa shape index (κ3) is 2.33. The molecule has 1 aromatic carbocycles. The number of nitrogens with zero attached hydrogens (tertiary/aromatic N) is 2. The largest absolute Gasteiger partial charge is 0.327 e. The van der Waals surface area contributed by atoms with Crippen LogP contribution in [0.25, 0.3) is 11.0 Å². The number of fused-ring (bicyclic) bond motifs is 1. The average Bonchev–Trinajstić information content (AvgIpc) is 2.67. The van der Waals surface area contributed by atoms with Gasteiger partial charge < -0.3 is 10.3 Å². The van der Waals surface area contributed by atoms with Gasteiger partial charge in [0.05, 0.1) is 11.0 Å². The summed E-state index contributed by atoms with van der Waals surface area (Å²) in [5.74, 6) is 0.669. The molecule has 0 saturated carbocycles. The van der Waals surface area contributed by atoms with E-state index in [1.54, 1.807) is 6.07 Å². The molecule has 3 nitrogen and oxygen atoms in total. The Kier molecular flexibility index (Phi) is 3.63. The second kappa shape index (κ2) is 4.85. The number of hydrogen-bond donors (Lipinski definition) is 1. The van der Waals surface area contributed by atoms with E-state index < -0.39 is 5.54 Å². The normalized spacial score (nSPS) is 13.2. The molecule has 0 radical (unpaired) electrons. The summed E-state index contributed by atoms with van der Waals surface area (Å²) in [5, 5.41) is 0. The first-order valence-electron chi connectivity index (χ1n) is 7.13. The van der Waals surface area contributed by atoms with Gasteiger partial charge in [-0.25, -0.2) is 9.37 Å². The second-order valence-electron chi connectivity index (χ2n) is 6.57. The maximum atomic E-state index is 13.4. The van der Waals surface area contributed by atoms with Crippen molar-refractivity contribution in [2.24, 2.45) is 5.73 Å². The highest BCUT2D eigenvalue weighted by molar-refractivity contribution is 5.76. The Balaban J connectivity index is 2.72. The topological polar surface area (TPSA) is 43.8 Å². The van der Waals surface area contributed by atoms with Crippen molar-refractivity contribution in [1.29, 1.82) is 0 Å². The molecule has 0 aliphatic carbocycles. The Bertz CT molecular complexity index is 620. The van der Waals surface area contributed by atoms with Gasteiger partial charge in [0.25, 0.3) is 0 Å². The molecule has 1 aromatic heterocycles. The maximum Gasteiger partial charge on any atom is 0.125 e. The molecule has 0 saturated heterocycles. The van der Waals surface area contributed by atoms with Crippen LogP contribution < -0.4 is 5.73 Å². The lowest BCUT2D eigenvalue weighted by atomic mass is 9.74. The van der Waals surface area contributed by atoms with Crippen LogP contribution in [0.4, 0.5) is 4.39 Å². The van der Waals surface area contributed by atoms with Crippen molar-refractivity contribution in [3.8, 4) is 0 Å². The van der Waals surface area contributed by atoms with Gasteiger partial charge in [0.15, 0.2) is 0 Å². The molecule has 0 spiro atoms. The highest BCUT2D eigenvalue weighted by Gasteiger charge is 2.39. The van der Waals surface area contributed by atoms with Gasteiger partial charge >= 0.3 is 0 Å². The minimum atomic E-state index is -0.418. The van der Waals surface area contributed by atoms with Crippen LogP contribution in [0, 0.1) is 5.82 Å². The molecule has 1 heterocycles. The van der Waals surface area contributed by atoms with Crippen molar-refractivity contribution in [3.05, 3.63) is 29.8 Å². The van der Waals surface area contributed by atoms with E-state index in [1.807, 2.05) is 13.8 Å². The minimum Gasteiger partial charge on any atom is -0.327 e. The van der Waals surface area contributed by atoms with Crippen LogP contribution in [0.3, 0.4) is 0 Å². The van der Waals surface area contributed by atoms with E-state index in [2.05, 4.69) is 30.3 Å². The van der Waals surface area contributed by atoms with Crippen LogP contribution in [0.15, 0.2) is 18.2 Å². The Morgan fingerprint density at radius 3 is 2.45 bits per heavy atom. The molecular weight excluding hydrogens is 253 g/mol. The number of halogens is 1. The van der Waals surface area contributed by atoms with Gasteiger partial charge in [-0.05, 0) is 32.4 Å². The van der Waals surface area contributed by atoms with E-state index in [0.717, 1.165) is 24.3 Å². The number of aromatic nitrogens is 2. The van der Waals surface area contributed by atoms with Crippen molar-refractivity contribution in [2.45, 2.75) is 58.5 Å². The monoisotopic (exact) mass is 277 g/mol. The fourth-order valence-corrected chi connectivity index (χ4v) is 2.32. The molecule has 0 bridgehead atoms. The van der Waals surface area contributed by atoms with Crippen LogP contribution in [0.1, 0.15) is 46.9 Å². The first kappa shape index (κ1) is 15.0. The zero-order valence-corrected chi connectivity index (χ0v) is 13.0. The van der Waals surface area contributed by atoms with Crippen molar-refractivity contribution < 1.29 is 4.39 Å². The highest BCUT2D eigenvalue weighted by atomic mass is 19.1. The molecule has 4 heteroatoms. The molecule has 0 fully saturated rings. The van der Waals surface area contributed by atoms with Gasteiger partial charge in [-0.15, -0.1) is 0 Å². The number of aryl methyl sites for hydroxylation is 1. The third-order valence-corrected chi connectivity index (χ3v) is 4.33. The molecular formula is C16H24FN3. The van der Waals surface area contributed by atoms with E-state index in [0.29, 0.717) is 5.52 Å². The first-order valence-corrected chi connectivity index (χ1v) is 7.13. The lowest BCUT2D eigenvalue weighted by Gasteiger charge is -2.38. The third-order valence-electron chi connectivity index (χ3n) is 4.33. The smallest absolute Gasteiger partial charge is 0.125 e. The number of imidazole rings is 1. The molecule has 0 aliphatic heterocycles. The summed E-state index contributed by atoms with van der Waals surface area (Å²) in [5.41, 5.74) is 7.28. The number of hydrogen-bond acceptors (Lipinski definition) is 2. The summed E-state index contributed by atoms with van der Waals surface area (Å²) in [6, 6.07) is 4.78. The zero-order valence-electron chi connectivity index (χ0n) is 13.0. The van der Waals surface area contributed by atoms with Crippen LogP contribution in [0.5, 0.6) is 0 Å². The van der Waals surface area contributed by atoms with Crippen LogP contribution in [0.2, 0.25) is 0 Å². The lowest BCUT2D eigenvalue weighted by molar-refractivity contribution is 0.282. The molecule has 110 valence electrons. The van der Waals surface area contributed by atoms with Gasteiger partial charge in [0.2, 0.25) is 0 Å². The molecule has 0 amide bonds. The summed E-state index contributed by atoms with van der Waals surface area (Å²) >= 11 is 0. The molecule has 20 heavy (non-hydrogen) atoms. The minimum absolute atomic E-state index is 0.255. The number of rotatable bonds is 4. The summed E-state index contributed by atoms with van der Waals surface area (Å²) in [6.07, 6.45) is 0.997. The van der Waals surface area contributed by atoms with Crippen LogP contribution >= 0.6 is 0 Å². The van der Waals surface area contributed by atoms with E-state index in [4.69, 9.17) is 5.73 Å². The van der Waals surface area contributed by atoms with E-state index >= 15 is 0 Å². The Morgan fingerprint density at radius 1 is 1.25 bits per heavy atom. The van der Waals surface area contributed by atoms with Gasteiger partial charge in [-0.3, -0.25) is 0 Å². The Labute approximate surface area is 120 Å². The van der Waals surface area contributed by atoms with Gasteiger partial charge in [-0.2, -0.15) is 0 Å². The molecule has 2 aromatic rings. The quantitative estimate of drug-likeness (QED) is 0.928. The average molecular weight is 277 g/mol. The summed E-state index contributed by atoms with van der Waals surface area (Å²) in [6.45, 7) is 11.2. The van der Waals surface area contributed by atoms with Crippen molar-refractivity contribution in [2.75, 3.05) is 0 Å². The van der Waals surface area contributed by atoms with E-state index in [1.165, 1.54) is 12.1 Å². The predicted molar refractivity (Wildman–Crippen MR) is 81.3 cm³/mol. The summed E-state index contributed by atoms with van der Waals surface area (Å²) in [4.78, 5) is 4.67. The first-order chi connectivity index (χ1) is 9.18.